The van der Waals surface area contributed by atoms with Gasteiger partial charge < -0.3 is 23.4 Å². The van der Waals surface area contributed by atoms with Crippen LogP contribution in [0.3, 0.4) is 0 Å². The fourth-order valence-corrected chi connectivity index (χ4v) is 3.56. The van der Waals surface area contributed by atoms with Crippen molar-refractivity contribution in [2.24, 2.45) is 0 Å². The number of carbonyl (C=O) groups excluding carboxylic acids is 1. The molecule has 0 unspecified atom stereocenters. The molecule has 0 saturated carbocycles. The molecule has 0 saturated heterocycles. The van der Waals surface area contributed by atoms with Gasteiger partial charge in [0.05, 0.1) is 28.4 Å². The van der Waals surface area contributed by atoms with Crippen LogP contribution in [-0.2, 0) is 4.79 Å². The molecular formula is C21H23N3O6S. The van der Waals surface area contributed by atoms with E-state index in [0.717, 1.165) is 10.6 Å². The Morgan fingerprint density at radius 2 is 1.65 bits per heavy atom. The zero-order valence-electron chi connectivity index (χ0n) is 17.6. The number of rotatable bonds is 10. The van der Waals surface area contributed by atoms with Crippen LogP contribution in [0.15, 0.2) is 45.7 Å². The SMILES string of the molecule is COc1ccc(SCCC(=O)Nc2nnc(-c3cc(OC)c(OC)c(OC)c3)o2)cc1. The summed E-state index contributed by atoms with van der Waals surface area (Å²) < 4.78 is 26.7. The highest BCUT2D eigenvalue weighted by Crippen LogP contribution is 2.41. The number of aromatic nitrogens is 2. The summed E-state index contributed by atoms with van der Waals surface area (Å²) in [5.41, 5.74) is 0.567. The molecule has 0 spiro atoms. The Labute approximate surface area is 184 Å². The molecule has 0 radical (unpaired) electrons. The molecule has 0 aliphatic heterocycles. The van der Waals surface area contributed by atoms with Gasteiger partial charge in [0.1, 0.15) is 5.75 Å². The number of nitrogens with one attached hydrogen (secondary N) is 1. The smallest absolute Gasteiger partial charge is 0.322 e. The number of amides is 1. The molecule has 3 aromatic rings. The quantitative estimate of drug-likeness (QED) is 0.465. The normalized spacial score (nSPS) is 10.5. The second-order valence-electron chi connectivity index (χ2n) is 6.15. The third-order valence-corrected chi connectivity index (χ3v) is 5.25. The van der Waals surface area contributed by atoms with Gasteiger partial charge in [-0.2, -0.15) is 0 Å². The van der Waals surface area contributed by atoms with E-state index in [1.807, 2.05) is 24.3 Å². The molecule has 0 aliphatic carbocycles. The minimum atomic E-state index is -0.221. The van der Waals surface area contributed by atoms with Gasteiger partial charge in [0.25, 0.3) is 0 Å². The van der Waals surface area contributed by atoms with E-state index < -0.39 is 0 Å². The third-order valence-electron chi connectivity index (χ3n) is 4.24. The largest absolute Gasteiger partial charge is 0.497 e. The van der Waals surface area contributed by atoms with Crippen molar-refractivity contribution in [2.75, 3.05) is 39.5 Å². The van der Waals surface area contributed by atoms with E-state index >= 15 is 0 Å². The Kier molecular flexibility index (Phi) is 7.60. The number of hydrogen-bond donors (Lipinski definition) is 1. The van der Waals surface area contributed by atoms with Crippen LogP contribution >= 0.6 is 11.8 Å². The molecule has 10 heteroatoms. The van der Waals surface area contributed by atoms with Crippen LogP contribution in [-0.4, -0.2) is 50.3 Å². The summed E-state index contributed by atoms with van der Waals surface area (Å²) in [6, 6.07) is 11.0. The van der Waals surface area contributed by atoms with Gasteiger partial charge in [0, 0.05) is 22.6 Å². The summed E-state index contributed by atoms with van der Waals surface area (Å²) >= 11 is 1.57. The standard InChI is InChI=1S/C21H23N3O6S/c1-26-14-5-7-15(8-6-14)31-10-9-18(25)22-21-24-23-20(30-21)13-11-16(27-2)19(29-4)17(12-13)28-3/h5-8,11-12H,9-10H2,1-4H3,(H,22,24,25). The first-order chi connectivity index (χ1) is 15.1. The van der Waals surface area contributed by atoms with E-state index in [4.69, 9.17) is 23.4 Å². The molecule has 31 heavy (non-hydrogen) atoms. The summed E-state index contributed by atoms with van der Waals surface area (Å²) in [7, 11) is 6.18. The highest BCUT2D eigenvalue weighted by molar-refractivity contribution is 7.99. The lowest BCUT2D eigenvalue weighted by atomic mass is 10.2. The van der Waals surface area contributed by atoms with E-state index in [2.05, 4.69) is 15.5 Å². The molecule has 1 aromatic heterocycles. The number of thioether (sulfide) groups is 1. The number of benzene rings is 2. The molecule has 0 atom stereocenters. The van der Waals surface area contributed by atoms with E-state index in [1.54, 1.807) is 31.0 Å². The van der Waals surface area contributed by atoms with Gasteiger partial charge in [0.15, 0.2) is 11.5 Å². The molecule has 1 amide bonds. The molecule has 0 bridgehead atoms. The minimum Gasteiger partial charge on any atom is -0.497 e. The number of methoxy groups -OCH3 is 4. The Bertz CT molecular complexity index is 997. The van der Waals surface area contributed by atoms with Crippen molar-refractivity contribution >= 4 is 23.7 Å². The summed E-state index contributed by atoms with van der Waals surface area (Å²) in [6.07, 6.45) is 0.290. The van der Waals surface area contributed by atoms with Gasteiger partial charge in [-0.15, -0.1) is 16.9 Å². The molecule has 1 N–H and O–H groups in total. The molecule has 9 nitrogen and oxygen atoms in total. The van der Waals surface area contributed by atoms with Crippen molar-refractivity contribution in [3.05, 3.63) is 36.4 Å². The number of ether oxygens (including phenoxy) is 4. The van der Waals surface area contributed by atoms with E-state index in [1.165, 1.54) is 21.3 Å². The Hall–Kier alpha value is -3.40. The van der Waals surface area contributed by atoms with Gasteiger partial charge in [-0.25, -0.2) is 0 Å². The van der Waals surface area contributed by atoms with Crippen molar-refractivity contribution in [1.82, 2.24) is 10.2 Å². The molecule has 164 valence electrons. The van der Waals surface area contributed by atoms with Crippen LogP contribution in [0.25, 0.3) is 11.5 Å². The third kappa shape index (κ3) is 5.60. The Morgan fingerprint density at radius 1 is 0.968 bits per heavy atom. The van der Waals surface area contributed by atoms with Gasteiger partial charge >= 0.3 is 6.01 Å². The maximum atomic E-state index is 12.2. The lowest BCUT2D eigenvalue weighted by Gasteiger charge is -2.12. The topological polar surface area (TPSA) is 105 Å². The molecule has 1 heterocycles. The van der Waals surface area contributed by atoms with Gasteiger partial charge in [0.2, 0.25) is 17.5 Å². The number of nitrogens with zero attached hydrogens (tertiary/aromatic N) is 2. The van der Waals surface area contributed by atoms with E-state index in [-0.39, 0.29) is 17.8 Å². The van der Waals surface area contributed by atoms with Crippen LogP contribution in [0, 0.1) is 0 Å². The average Bonchev–Trinajstić information content (AvgIpc) is 3.26. The lowest BCUT2D eigenvalue weighted by molar-refractivity contribution is -0.115. The number of anilines is 1. The average molecular weight is 445 g/mol. The first-order valence-electron chi connectivity index (χ1n) is 9.28. The lowest BCUT2D eigenvalue weighted by Crippen LogP contribution is -2.12. The van der Waals surface area contributed by atoms with Gasteiger partial charge in [-0.3, -0.25) is 10.1 Å². The van der Waals surface area contributed by atoms with Gasteiger partial charge in [-0.1, -0.05) is 5.10 Å². The van der Waals surface area contributed by atoms with Crippen molar-refractivity contribution < 1.29 is 28.2 Å². The van der Waals surface area contributed by atoms with Gasteiger partial charge in [-0.05, 0) is 36.4 Å². The van der Waals surface area contributed by atoms with Crippen LogP contribution in [0.1, 0.15) is 6.42 Å². The maximum Gasteiger partial charge on any atom is 0.322 e. The zero-order valence-corrected chi connectivity index (χ0v) is 18.4. The summed E-state index contributed by atoms with van der Waals surface area (Å²) in [6.45, 7) is 0. The number of carbonyl (C=O) groups is 1. The summed E-state index contributed by atoms with van der Waals surface area (Å²) in [5.74, 6) is 2.75. The summed E-state index contributed by atoms with van der Waals surface area (Å²) in [4.78, 5) is 13.3. The van der Waals surface area contributed by atoms with E-state index in [9.17, 15) is 4.79 Å². The Morgan fingerprint density at radius 3 is 2.23 bits per heavy atom. The van der Waals surface area contributed by atoms with Crippen LogP contribution in [0.4, 0.5) is 6.01 Å². The monoisotopic (exact) mass is 445 g/mol. The predicted molar refractivity (Wildman–Crippen MR) is 116 cm³/mol. The fraction of sp³-hybridized carbons (Fsp3) is 0.286. The van der Waals surface area contributed by atoms with Crippen LogP contribution in [0.2, 0.25) is 0 Å². The van der Waals surface area contributed by atoms with Crippen molar-refractivity contribution in [2.45, 2.75) is 11.3 Å². The molecule has 0 aliphatic rings. The highest BCUT2D eigenvalue weighted by Gasteiger charge is 2.18. The van der Waals surface area contributed by atoms with Crippen LogP contribution < -0.4 is 24.3 Å². The van der Waals surface area contributed by atoms with E-state index in [0.29, 0.717) is 35.0 Å². The second kappa shape index (κ2) is 10.6. The Balaban J connectivity index is 1.59. The first kappa shape index (κ1) is 22.3. The van der Waals surface area contributed by atoms with Crippen molar-refractivity contribution in [1.29, 1.82) is 0 Å². The van der Waals surface area contributed by atoms with Crippen molar-refractivity contribution in [3.8, 4) is 34.5 Å². The number of hydrogen-bond acceptors (Lipinski definition) is 9. The van der Waals surface area contributed by atoms with Crippen molar-refractivity contribution in [3.63, 3.8) is 0 Å². The minimum absolute atomic E-state index is 0.0169. The molecule has 0 fully saturated rings. The highest BCUT2D eigenvalue weighted by atomic mass is 32.2. The maximum absolute atomic E-state index is 12.2. The predicted octanol–water partition coefficient (Wildman–Crippen LogP) is 3.89. The molecular weight excluding hydrogens is 422 g/mol. The second-order valence-corrected chi connectivity index (χ2v) is 7.32. The first-order valence-corrected chi connectivity index (χ1v) is 10.3. The zero-order chi connectivity index (χ0) is 22.2. The summed E-state index contributed by atoms with van der Waals surface area (Å²) in [5, 5.41) is 10.5. The van der Waals surface area contributed by atoms with Crippen LogP contribution in [0.5, 0.6) is 23.0 Å². The molecule has 3 rings (SSSR count). The fourth-order valence-electron chi connectivity index (χ4n) is 2.71. The molecule has 2 aromatic carbocycles.